The van der Waals surface area contributed by atoms with Crippen molar-refractivity contribution in [2.75, 3.05) is 43.3 Å². The molecule has 1 saturated heterocycles. The lowest BCUT2D eigenvalue weighted by Crippen LogP contribution is -2.45. The zero-order valence-corrected chi connectivity index (χ0v) is 18.6. The Bertz CT molecular complexity index is 917. The van der Waals surface area contributed by atoms with E-state index in [0.29, 0.717) is 24.5 Å². The summed E-state index contributed by atoms with van der Waals surface area (Å²) in [6.45, 7) is 6.60. The Morgan fingerprint density at radius 2 is 1.83 bits per heavy atom. The summed E-state index contributed by atoms with van der Waals surface area (Å²) in [5.41, 5.74) is 0.851. The molecule has 0 spiro atoms. The zero-order chi connectivity index (χ0) is 22.5. The van der Waals surface area contributed by atoms with Crippen molar-refractivity contribution in [2.45, 2.75) is 37.9 Å². The van der Waals surface area contributed by atoms with Crippen LogP contribution in [0.25, 0.3) is 0 Å². The second-order valence-corrected chi connectivity index (χ2v) is 9.22. The molecule has 166 valence electrons. The molecule has 2 rings (SSSR count). The first kappa shape index (κ1) is 23.7. The molecule has 2 unspecified atom stereocenters. The van der Waals surface area contributed by atoms with Gasteiger partial charge in [-0.2, -0.15) is 0 Å². The predicted octanol–water partition coefficient (Wildman–Crippen LogP) is 1.74. The van der Waals surface area contributed by atoms with Gasteiger partial charge in [-0.15, -0.1) is 0 Å². The molecule has 1 aliphatic rings. The van der Waals surface area contributed by atoms with Gasteiger partial charge in [-0.05, 0) is 32.0 Å². The van der Waals surface area contributed by atoms with Crippen LogP contribution in [0.5, 0.6) is 0 Å². The van der Waals surface area contributed by atoms with Gasteiger partial charge in [0.2, 0.25) is 0 Å². The number of rotatable bonds is 7. The predicted molar refractivity (Wildman–Crippen MR) is 112 cm³/mol. The van der Waals surface area contributed by atoms with Crippen molar-refractivity contribution in [3.8, 4) is 0 Å². The maximum Gasteiger partial charge on any atom is 0.354 e. The van der Waals surface area contributed by atoms with Crippen molar-refractivity contribution in [3.05, 3.63) is 30.0 Å². The molecule has 10 heteroatoms. The van der Waals surface area contributed by atoms with Crippen LogP contribution in [0.1, 0.15) is 20.8 Å². The summed E-state index contributed by atoms with van der Waals surface area (Å²) in [4.78, 5) is 26.0. The summed E-state index contributed by atoms with van der Waals surface area (Å²) < 4.78 is 39.9. The fourth-order valence-electron chi connectivity index (χ4n) is 3.20. The van der Waals surface area contributed by atoms with E-state index < -0.39 is 21.8 Å². The van der Waals surface area contributed by atoms with E-state index in [9.17, 15) is 18.0 Å². The smallest absolute Gasteiger partial charge is 0.354 e. The van der Waals surface area contributed by atoms with E-state index in [-0.39, 0.29) is 28.6 Å². The van der Waals surface area contributed by atoms with Gasteiger partial charge < -0.3 is 24.4 Å². The van der Waals surface area contributed by atoms with Crippen molar-refractivity contribution in [2.24, 2.45) is 0 Å². The number of benzene rings is 1. The van der Waals surface area contributed by atoms with Crippen LogP contribution in [0, 0.1) is 0 Å². The number of methoxy groups -OCH3 is 2. The minimum atomic E-state index is -3.49. The van der Waals surface area contributed by atoms with Crippen LogP contribution in [-0.4, -0.2) is 65.6 Å². The lowest BCUT2D eigenvalue weighted by molar-refractivity contribution is -0.138. The van der Waals surface area contributed by atoms with E-state index in [2.05, 4.69) is 10.1 Å². The van der Waals surface area contributed by atoms with Gasteiger partial charge in [0.05, 0.1) is 54.5 Å². The average Bonchev–Trinajstić information content (AvgIpc) is 2.71. The maximum atomic E-state index is 12.4. The van der Waals surface area contributed by atoms with Gasteiger partial charge >= 0.3 is 11.9 Å². The Morgan fingerprint density at radius 3 is 2.37 bits per heavy atom. The van der Waals surface area contributed by atoms with E-state index in [4.69, 9.17) is 9.47 Å². The van der Waals surface area contributed by atoms with Crippen LogP contribution in [0.2, 0.25) is 0 Å². The molecule has 30 heavy (non-hydrogen) atoms. The van der Waals surface area contributed by atoms with Crippen LogP contribution >= 0.6 is 0 Å². The van der Waals surface area contributed by atoms with Gasteiger partial charge in [-0.25, -0.2) is 18.0 Å². The van der Waals surface area contributed by atoms with Crippen molar-refractivity contribution in [3.63, 3.8) is 0 Å². The average molecular weight is 441 g/mol. The van der Waals surface area contributed by atoms with Crippen LogP contribution in [-0.2, 0) is 33.6 Å². The highest BCUT2D eigenvalue weighted by atomic mass is 32.2. The van der Waals surface area contributed by atoms with Gasteiger partial charge in [-0.1, -0.05) is 6.92 Å². The SMILES string of the molecule is CCS(=O)(=O)c1ccc(N2CC(C)OC(C)C2)c(N/C(=C/C(=O)OC)C(=O)OC)c1. The number of hydrogen-bond donors (Lipinski definition) is 1. The number of esters is 2. The molecule has 0 aliphatic carbocycles. The highest BCUT2D eigenvalue weighted by molar-refractivity contribution is 7.91. The second-order valence-electron chi connectivity index (χ2n) is 6.94. The largest absolute Gasteiger partial charge is 0.466 e. The van der Waals surface area contributed by atoms with Crippen LogP contribution in [0.15, 0.2) is 34.9 Å². The van der Waals surface area contributed by atoms with Gasteiger partial charge in [0.15, 0.2) is 9.84 Å². The molecule has 1 aromatic carbocycles. The molecule has 1 heterocycles. The summed E-state index contributed by atoms with van der Waals surface area (Å²) in [5, 5.41) is 2.87. The van der Waals surface area contributed by atoms with Crippen LogP contribution < -0.4 is 10.2 Å². The maximum absolute atomic E-state index is 12.4. The molecular weight excluding hydrogens is 412 g/mol. The van der Waals surface area contributed by atoms with Crippen LogP contribution in [0.4, 0.5) is 11.4 Å². The van der Waals surface area contributed by atoms with Gasteiger partial charge in [0.25, 0.3) is 0 Å². The minimum absolute atomic E-state index is 0.0358. The molecule has 1 aliphatic heterocycles. The standard InChI is InChI=1S/C20H28N2O7S/c1-6-30(25,26)15-7-8-18(22-11-13(2)29-14(3)12-22)16(9-15)21-17(20(24)28-5)10-19(23)27-4/h7-10,13-14,21H,6,11-12H2,1-5H3/b17-10+. The Labute approximate surface area is 176 Å². The molecular formula is C20H28N2O7S. The highest BCUT2D eigenvalue weighted by Gasteiger charge is 2.26. The monoisotopic (exact) mass is 440 g/mol. The number of sulfone groups is 1. The Morgan fingerprint density at radius 1 is 1.20 bits per heavy atom. The van der Waals surface area contributed by atoms with E-state index in [0.717, 1.165) is 6.08 Å². The zero-order valence-electron chi connectivity index (χ0n) is 17.8. The molecule has 1 fully saturated rings. The molecule has 0 saturated carbocycles. The number of morpholine rings is 1. The first-order chi connectivity index (χ1) is 14.1. The van der Waals surface area contributed by atoms with E-state index in [1.54, 1.807) is 13.0 Å². The van der Waals surface area contributed by atoms with Crippen molar-refractivity contribution in [1.82, 2.24) is 0 Å². The minimum Gasteiger partial charge on any atom is -0.466 e. The van der Waals surface area contributed by atoms with Gasteiger partial charge in [-0.3, -0.25) is 0 Å². The number of anilines is 2. The normalized spacial score (nSPS) is 19.9. The van der Waals surface area contributed by atoms with Crippen molar-refractivity contribution >= 4 is 33.2 Å². The van der Waals surface area contributed by atoms with Crippen LogP contribution in [0.3, 0.4) is 0 Å². The first-order valence-corrected chi connectivity index (χ1v) is 11.2. The van der Waals surface area contributed by atoms with Crippen molar-refractivity contribution < 1.29 is 32.2 Å². The third kappa shape index (κ3) is 5.73. The lowest BCUT2D eigenvalue weighted by atomic mass is 10.1. The quantitative estimate of drug-likeness (QED) is 0.500. The number of ether oxygens (including phenoxy) is 3. The molecule has 0 amide bonds. The highest BCUT2D eigenvalue weighted by Crippen LogP contribution is 2.32. The van der Waals surface area contributed by atoms with E-state index >= 15 is 0 Å². The molecule has 2 atom stereocenters. The number of nitrogens with zero attached hydrogens (tertiary/aromatic N) is 1. The van der Waals surface area contributed by atoms with E-state index in [1.807, 2.05) is 18.7 Å². The number of hydrogen-bond acceptors (Lipinski definition) is 9. The van der Waals surface area contributed by atoms with Crippen molar-refractivity contribution in [1.29, 1.82) is 0 Å². The summed E-state index contributed by atoms with van der Waals surface area (Å²) in [7, 11) is -1.12. The fourth-order valence-corrected chi connectivity index (χ4v) is 4.11. The fraction of sp³-hybridized carbons (Fsp3) is 0.500. The Balaban J connectivity index is 2.57. The Hall–Kier alpha value is -2.59. The topological polar surface area (TPSA) is 111 Å². The van der Waals surface area contributed by atoms with Gasteiger partial charge in [0.1, 0.15) is 5.70 Å². The molecule has 0 radical (unpaired) electrons. The molecule has 0 bridgehead atoms. The van der Waals surface area contributed by atoms with E-state index in [1.165, 1.54) is 26.4 Å². The summed E-state index contributed by atoms with van der Waals surface area (Å²) in [6, 6.07) is 4.67. The summed E-state index contributed by atoms with van der Waals surface area (Å²) in [5.74, 6) is -1.62. The van der Waals surface area contributed by atoms with Gasteiger partial charge in [0, 0.05) is 13.1 Å². The summed E-state index contributed by atoms with van der Waals surface area (Å²) in [6.07, 6.45) is 0.888. The summed E-state index contributed by atoms with van der Waals surface area (Å²) >= 11 is 0. The Kier molecular flexibility index (Phi) is 7.85. The molecule has 0 aromatic heterocycles. The molecule has 1 N–H and O–H groups in total. The third-order valence-electron chi connectivity index (χ3n) is 4.61. The molecule has 1 aromatic rings. The number of carbonyl (C=O) groups is 2. The number of nitrogens with one attached hydrogen (secondary N) is 1. The number of carbonyl (C=O) groups excluding carboxylic acids is 2. The third-order valence-corrected chi connectivity index (χ3v) is 6.34. The second kappa shape index (κ2) is 9.94. The first-order valence-electron chi connectivity index (χ1n) is 9.53. The molecule has 9 nitrogen and oxygen atoms in total. The lowest BCUT2D eigenvalue weighted by Gasteiger charge is -2.38.